The number of hydrogen-bond donors (Lipinski definition) is 3. The van der Waals surface area contributed by atoms with Crippen molar-refractivity contribution in [2.24, 2.45) is 5.92 Å². The van der Waals surface area contributed by atoms with Crippen LogP contribution in [0.2, 0.25) is 0 Å². The highest BCUT2D eigenvalue weighted by Crippen LogP contribution is 2.44. The summed E-state index contributed by atoms with van der Waals surface area (Å²) in [6, 6.07) is 15.1. The number of nitrogens with one attached hydrogen (secondary N) is 2. The third-order valence-corrected chi connectivity index (χ3v) is 6.27. The molecule has 0 fully saturated rings. The van der Waals surface area contributed by atoms with Gasteiger partial charge in [-0.15, -0.1) is 11.3 Å². The number of rotatable bonds is 7. The van der Waals surface area contributed by atoms with Gasteiger partial charge in [-0.05, 0) is 28.2 Å². The van der Waals surface area contributed by atoms with Crippen LogP contribution >= 0.6 is 11.3 Å². The van der Waals surface area contributed by atoms with Crippen LogP contribution < -0.4 is 10.6 Å². The van der Waals surface area contributed by atoms with Gasteiger partial charge in [0.1, 0.15) is 18.3 Å². The summed E-state index contributed by atoms with van der Waals surface area (Å²) in [6.45, 7) is 3.56. The van der Waals surface area contributed by atoms with E-state index in [1.54, 1.807) is 13.8 Å². The first-order valence-electron chi connectivity index (χ1n) is 10.5. The van der Waals surface area contributed by atoms with E-state index in [4.69, 9.17) is 4.74 Å². The fourth-order valence-corrected chi connectivity index (χ4v) is 4.56. The minimum absolute atomic E-state index is 0.0286. The Morgan fingerprint density at radius 3 is 2.24 bits per heavy atom. The van der Waals surface area contributed by atoms with Gasteiger partial charge in [0.2, 0.25) is 0 Å². The van der Waals surface area contributed by atoms with Crippen molar-refractivity contribution in [3.05, 3.63) is 70.7 Å². The Morgan fingerprint density at radius 1 is 1.06 bits per heavy atom. The number of thiazole rings is 1. The van der Waals surface area contributed by atoms with Crippen molar-refractivity contribution in [1.82, 2.24) is 10.3 Å². The highest BCUT2D eigenvalue weighted by atomic mass is 32.1. The van der Waals surface area contributed by atoms with Gasteiger partial charge in [0.05, 0.1) is 0 Å². The molecule has 2 amide bonds. The third-order valence-electron chi connectivity index (χ3n) is 5.51. The van der Waals surface area contributed by atoms with Gasteiger partial charge >= 0.3 is 12.1 Å². The number of fused-ring (bicyclic) bond motifs is 3. The summed E-state index contributed by atoms with van der Waals surface area (Å²) in [5.74, 6) is -2.09. The van der Waals surface area contributed by atoms with Crippen LogP contribution in [-0.2, 0) is 9.53 Å². The number of aliphatic carboxylic acids is 1. The van der Waals surface area contributed by atoms with Gasteiger partial charge in [-0.25, -0.2) is 14.6 Å². The highest BCUT2D eigenvalue weighted by Gasteiger charge is 2.29. The maximum atomic E-state index is 12.4. The summed E-state index contributed by atoms with van der Waals surface area (Å²) >= 11 is 1.05. The number of carboxylic acids is 1. The van der Waals surface area contributed by atoms with E-state index >= 15 is 0 Å². The number of anilines is 1. The average Bonchev–Trinajstić information content (AvgIpc) is 3.38. The van der Waals surface area contributed by atoms with Crippen LogP contribution in [-0.4, -0.2) is 40.7 Å². The Labute approximate surface area is 194 Å². The maximum absolute atomic E-state index is 12.4. The molecule has 1 atom stereocenters. The van der Waals surface area contributed by atoms with Gasteiger partial charge in [-0.2, -0.15) is 0 Å². The van der Waals surface area contributed by atoms with Crippen LogP contribution in [0, 0.1) is 5.92 Å². The van der Waals surface area contributed by atoms with E-state index in [1.807, 2.05) is 36.4 Å². The zero-order chi connectivity index (χ0) is 23.5. The highest BCUT2D eigenvalue weighted by molar-refractivity contribution is 7.14. The molecule has 1 aliphatic rings. The van der Waals surface area contributed by atoms with Crippen LogP contribution in [0.15, 0.2) is 53.9 Å². The Balaban J connectivity index is 1.37. The van der Waals surface area contributed by atoms with Gasteiger partial charge in [0.15, 0.2) is 5.13 Å². The molecule has 1 aromatic heterocycles. The van der Waals surface area contributed by atoms with Crippen molar-refractivity contribution in [2.45, 2.75) is 25.8 Å². The van der Waals surface area contributed by atoms with E-state index in [-0.39, 0.29) is 29.3 Å². The van der Waals surface area contributed by atoms with Crippen LogP contribution in [0.4, 0.5) is 9.93 Å². The van der Waals surface area contributed by atoms with E-state index in [0.717, 1.165) is 33.6 Å². The molecule has 9 heteroatoms. The van der Waals surface area contributed by atoms with Crippen LogP contribution in [0.25, 0.3) is 11.1 Å². The molecule has 2 aromatic carbocycles. The van der Waals surface area contributed by atoms with Gasteiger partial charge in [0.25, 0.3) is 5.91 Å². The second kappa shape index (κ2) is 9.41. The molecule has 0 bridgehead atoms. The number of benzene rings is 2. The zero-order valence-electron chi connectivity index (χ0n) is 18.1. The fraction of sp³-hybridized carbons (Fsp3) is 0.250. The molecule has 4 rings (SSSR count). The Kier molecular flexibility index (Phi) is 6.41. The summed E-state index contributed by atoms with van der Waals surface area (Å²) in [6.07, 6.45) is -0.677. The van der Waals surface area contributed by atoms with E-state index in [1.165, 1.54) is 5.38 Å². The third kappa shape index (κ3) is 4.73. The molecule has 3 aromatic rings. The standard InChI is InChI=1S/C24H23N3O5S/c1-13(2)20(22(29)30)26-21(28)19-12-33-23(25-19)27-24(31)32-11-18-16-9-5-3-7-14(16)15-8-4-6-10-17(15)18/h3-10,12-13,18,20H,11H2,1-2H3,(H,26,28)(H,29,30)(H,25,27,31)/t20-/m0/s1. The number of amides is 2. The normalized spacial score (nSPS) is 13.2. The SMILES string of the molecule is CC(C)[C@H](NC(=O)c1csc(NC(=O)OCC2c3ccccc3-c3ccccc32)n1)C(=O)O. The van der Waals surface area contributed by atoms with Crippen molar-refractivity contribution in [3.8, 4) is 11.1 Å². The first kappa shape index (κ1) is 22.5. The van der Waals surface area contributed by atoms with Crippen molar-refractivity contribution in [1.29, 1.82) is 0 Å². The first-order chi connectivity index (χ1) is 15.8. The minimum atomic E-state index is -1.12. The summed E-state index contributed by atoms with van der Waals surface area (Å²) in [7, 11) is 0. The molecule has 33 heavy (non-hydrogen) atoms. The first-order valence-corrected chi connectivity index (χ1v) is 11.3. The molecule has 1 aliphatic carbocycles. The molecule has 170 valence electrons. The largest absolute Gasteiger partial charge is 0.480 e. The van der Waals surface area contributed by atoms with Gasteiger partial charge in [0, 0.05) is 11.3 Å². The molecular formula is C24H23N3O5S. The predicted octanol–water partition coefficient (Wildman–Crippen LogP) is 4.34. The van der Waals surface area contributed by atoms with Crippen LogP contribution in [0.5, 0.6) is 0 Å². The Morgan fingerprint density at radius 2 is 1.67 bits per heavy atom. The maximum Gasteiger partial charge on any atom is 0.413 e. The van der Waals surface area contributed by atoms with Crippen molar-refractivity contribution < 1.29 is 24.2 Å². The van der Waals surface area contributed by atoms with Crippen molar-refractivity contribution in [3.63, 3.8) is 0 Å². The van der Waals surface area contributed by atoms with Crippen LogP contribution in [0.1, 0.15) is 41.4 Å². The van der Waals surface area contributed by atoms with Gasteiger partial charge in [-0.3, -0.25) is 10.1 Å². The number of aromatic nitrogens is 1. The van der Waals surface area contributed by atoms with Crippen molar-refractivity contribution in [2.75, 3.05) is 11.9 Å². The minimum Gasteiger partial charge on any atom is -0.480 e. The second-order valence-electron chi connectivity index (χ2n) is 8.02. The number of hydrogen-bond acceptors (Lipinski definition) is 6. The average molecular weight is 466 g/mol. The second-order valence-corrected chi connectivity index (χ2v) is 8.88. The van der Waals surface area contributed by atoms with E-state index in [2.05, 4.69) is 27.8 Å². The van der Waals surface area contributed by atoms with Crippen molar-refractivity contribution >= 4 is 34.4 Å². The molecule has 0 spiro atoms. The molecule has 8 nitrogen and oxygen atoms in total. The lowest BCUT2D eigenvalue weighted by Gasteiger charge is -2.16. The fourth-order valence-electron chi connectivity index (χ4n) is 3.89. The Hall–Kier alpha value is -3.72. The number of carboxylic acid groups (broad SMARTS) is 1. The Bertz CT molecular complexity index is 1160. The number of nitrogens with zero attached hydrogens (tertiary/aromatic N) is 1. The van der Waals surface area contributed by atoms with Gasteiger partial charge in [-0.1, -0.05) is 62.4 Å². The molecule has 0 aliphatic heterocycles. The monoisotopic (exact) mass is 465 g/mol. The smallest absolute Gasteiger partial charge is 0.413 e. The van der Waals surface area contributed by atoms with E-state index < -0.39 is 24.0 Å². The van der Waals surface area contributed by atoms with E-state index in [9.17, 15) is 19.5 Å². The van der Waals surface area contributed by atoms with E-state index in [0.29, 0.717) is 0 Å². The number of carbonyl (C=O) groups excluding carboxylic acids is 2. The molecular weight excluding hydrogens is 442 g/mol. The molecule has 1 heterocycles. The topological polar surface area (TPSA) is 118 Å². The predicted molar refractivity (Wildman–Crippen MR) is 125 cm³/mol. The summed E-state index contributed by atoms with van der Waals surface area (Å²) in [5.41, 5.74) is 4.52. The summed E-state index contributed by atoms with van der Waals surface area (Å²) in [5, 5.41) is 15.8. The van der Waals surface area contributed by atoms with Gasteiger partial charge < -0.3 is 15.2 Å². The quantitative estimate of drug-likeness (QED) is 0.478. The molecule has 3 N–H and O–H groups in total. The van der Waals surface area contributed by atoms with Crippen LogP contribution in [0.3, 0.4) is 0 Å². The number of carbonyl (C=O) groups is 3. The lowest BCUT2D eigenvalue weighted by atomic mass is 9.98. The molecule has 0 saturated carbocycles. The molecule has 0 unspecified atom stereocenters. The lowest BCUT2D eigenvalue weighted by molar-refractivity contribution is -0.140. The molecule has 0 saturated heterocycles. The number of ether oxygens (including phenoxy) is 1. The summed E-state index contributed by atoms with van der Waals surface area (Å²) in [4.78, 5) is 40.1. The zero-order valence-corrected chi connectivity index (χ0v) is 18.9. The molecule has 0 radical (unpaired) electrons. The lowest BCUT2D eigenvalue weighted by Crippen LogP contribution is -2.44. The summed E-state index contributed by atoms with van der Waals surface area (Å²) < 4.78 is 5.48.